The van der Waals surface area contributed by atoms with Crippen molar-refractivity contribution in [3.05, 3.63) is 35.4 Å². The highest BCUT2D eigenvalue weighted by Crippen LogP contribution is 2.18. The van der Waals surface area contributed by atoms with E-state index in [1.165, 1.54) is 11.1 Å². The van der Waals surface area contributed by atoms with Gasteiger partial charge in [-0.15, -0.1) is 0 Å². The van der Waals surface area contributed by atoms with Gasteiger partial charge in [-0.1, -0.05) is 24.3 Å². The van der Waals surface area contributed by atoms with Gasteiger partial charge in [-0.25, -0.2) is 0 Å². The van der Waals surface area contributed by atoms with Gasteiger partial charge in [-0.2, -0.15) is 0 Å². The Kier molecular flexibility index (Phi) is 4.51. The SMILES string of the molecule is COC(C)CCc1ccc(C(C)(C)N)cc1. The zero-order valence-electron chi connectivity index (χ0n) is 10.8. The van der Waals surface area contributed by atoms with Crippen molar-refractivity contribution in [1.29, 1.82) is 0 Å². The summed E-state index contributed by atoms with van der Waals surface area (Å²) in [6.07, 6.45) is 2.44. The van der Waals surface area contributed by atoms with Crippen LogP contribution in [0.25, 0.3) is 0 Å². The fraction of sp³-hybridized carbons (Fsp3) is 0.571. The van der Waals surface area contributed by atoms with Crippen LogP contribution in [0.5, 0.6) is 0 Å². The van der Waals surface area contributed by atoms with Crippen molar-refractivity contribution in [3.8, 4) is 0 Å². The van der Waals surface area contributed by atoms with Crippen LogP contribution in [0.1, 0.15) is 38.3 Å². The smallest absolute Gasteiger partial charge is 0.0546 e. The Bertz CT molecular complexity index is 311. The number of nitrogens with two attached hydrogens (primary N) is 1. The van der Waals surface area contributed by atoms with Crippen molar-refractivity contribution in [1.82, 2.24) is 0 Å². The molecular weight excluding hydrogens is 198 g/mol. The lowest BCUT2D eigenvalue weighted by atomic mass is 9.94. The normalized spacial score (nSPS) is 13.8. The number of aryl methyl sites for hydroxylation is 1. The van der Waals surface area contributed by atoms with Crippen LogP contribution < -0.4 is 5.73 Å². The first-order chi connectivity index (χ1) is 7.43. The zero-order valence-corrected chi connectivity index (χ0v) is 10.8. The van der Waals surface area contributed by atoms with Gasteiger partial charge in [0.2, 0.25) is 0 Å². The molecule has 0 amide bonds. The van der Waals surface area contributed by atoms with Crippen molar-refractivity contribution in [2.45, 2.75) is 45.3 Å². The Balaban J connectivity index is 2.58. The van der Waals surface area contributed by atoms with E-state index in [1.807, 2.05) is 13.8 Å². The summed E-state index contributed by atoms with van der Waals surface area (Å²) >= 11 is 0. The number of hydrogen-bond acceptors (Lipinski definition) is 2. The summed E-state index contributed by atoms with van der Waals surface area (Å²) in [4.78, 5) is 0. The number of benzene rings is 1. The second kappa shape index (κ2) is 5.46. The van der Waals surface area contributed by atoms with Crippen LogP contribution in [-0.2, 0) is 16.7 Å². The molecule has 1 aromatic rings. The minimum Gasteiger partial charge on any atom is -0.382 e. The maximum Gasteiger partial charge on any atom is 0.0546 e. The molecule has 0 bridgehead atoms. The summed E-state index contributed by atoms with van der Waals surface area (Å²) in [7, 11) is 1.75. The molecule has 0 aromatic heterocycles. The van der Waals surface area contributed by atoms with Crippen molar-refractivity contribution in [2.24, 2.45) is 5.73 Å². The van der Waals surface area contributed by atoms with Crippen LogP contribution in [0.15, 0.2) is 24.3 Å². The molecular formula is C14H23NO. The molecule has 0 saturated heterocycles. The Morgan fingerprint density at radius 3 is 2.25 bits per heavy atom. The lowest BCUT2D eigenvalue weighted by molar-refractivity contribution is 0.111. The number of methoxy groups -OCH3 is 1. The standard InChI is InChI=1S/C14H23NO/c1-11(16-4)5-6-12-7-9-13(10-8-12)14(2,3)15/h7-11H,5-6,15H2,1-4H3. The zero-order chi connectivity index (χ0) is 12.2. The molecule has 1 unspecified atom stereocenters. The van der Waals surface area contributed by atoms with Crippen LogP contribution in [0.2, 0.25) is 0 Å². The lowest BCUT2D eigenvalue weighted by Gasteiger charge is -2.19. The topological polar surface area (TPSA) is 35.2 Å². The van der Waals surface area contributed by atoms with Gasteiger partial charge in [0.05, 0.1) is 6.10 Å². The summed E-state index contributed by atoms with van der Waals surface area (Å²) in [6.45, 7) is 6.14. The van der Waals surface area contributed by atoms with E-state index in [4.69, 9.17) is 10.5 Å². The van der Waals surface area contributed by atoms with E-state index in [0.717, 1.165) is 12.8 Å². The summed E-state index contributed by atoms with van der Waals surface area (Å²) < 4.78 is 5.23. The van der Waals surface area contributed by atoms with E-state index in [-0.39, 0.29) is 5.54 Å². The Morgan fingerprint density at radius 1 is 1.25 bits per heavy atom. The van der Waals surface area contributed by atoms with Crippen molar-refractivity contribution < 1.29 is 4.74 Å². The molecule has 2 heteroatoms. The summed E-state index contributed by atoms with van der Waals surface area (Å²) in [5, 5.41) is 0. The molecule has 0 aliphatic carbocycles. The molecule has 0 heterocycles. The molecule has 0 fully saturated rings. The van der Waals surface area contributed by atoms with E-state index < -0.39 is 0 Å². The molecule has 0 saturated carbocycles. The molecule has 2 nitrogen and oxygen atoms in total. The third-order valence-corrected chi connectivity index (χ3v) is 2.94. The highest BCUT2D eigenvalue weighted by molar-refractivity contribution is 5.27. The molecule has 1 atom stereocenters. The fourth-order valence-corrected chi connectivity index (χ4v) is 1.59. The van der Waals surface area contributed by atoms with Gasteiger partial charge in [-0.05, 0) is 44.7 Å². The molecule has 1 rings (SSSR count). The first-order valence-electron chi connectivity index (χ1n) is 5.84. The average molecular weight is 221 g/mol. The fourth-order valence-electron chi connectivity index (χ4n) is 1.59. The molecule has 0 aliphatic rings. The van der Waals surface area contributed by atoms with Crippen molar-refractivity contribution in [3.63, 3.8) is 0 Å². The minimum absolute atomic E-state index is 0.252. The number of hydrogen-bond donors (Lipinski definition) is 1. The molecule has 0 aliphatic heterocycles. The third-order valence-electron chi connectivity index (χ3n) is 2.94. The van der Waals surface area contributed by atoms with Crippen LogP contribution in [0.3, 0.4) is 0 Å². The third kappa shape index (κ3) is 3.95. The first-order valence-corrected chi connectivity index (χ1v) is 5.84. The quantitative estimate of drug-likeness (QED) is 0.829. The molecule has 90 valence electrons. The average Bonchev–Trinajstić information content (AvgIpc) is 2.25. The Hall–Kier alpha value is -0.860. The van der Waals surface area contributed by atoms with Gasteiger partial charge in [0.1, 0.15) is 0 Å². The Morgan fingerprint density at radius 2 is 1.81 bits per heavy atom. The molecule has 16 heavy (non-hydrogen) atoms. The van der Waals surface area contributed by atoms with Gasteiger partial charge in [0, 0.05) is 12.6 Å². The van der Waals surface area contributed by atoms with E-state index in [9.17, 15) is 0 Å². The second-order valence-corrected chi connectivity index (χ2v) is 5.00. The van der Waals surface area contributed by atoms with Crippen molar-refractivity contribution in [2.75, 3.05) is 7.11 Å². The van der Waals surface area contributed by atoms with Crippen LogP contribution in [0.4, 0.5) is 0 Å². The summed E-state index contributed by atoms with van der Waals surface area (Å²) in [5.41, 5.74) is 8.30. The molecule has 1 aromatic carbocycles. The van der Waals surface area contributed by atoms with Gasteiger partial charge < -0.3 is 10.5 Å². The second-order valence-electron chi connectivity index (χ2n) is 5.00. The van der Waals surface area contributed by atoms with E-state index in [0.29, 0.717) is 6.10 Å². The van der Waals surface area contributed by atoms with Gasteiger partial charge in [0.25, 0.3) is 0 Å². The predicted octanol–water partition coefficient (Wildman–Crippen LogP) is 2.85. The number of rotatable bonds is 5. The van der Waals surface area contributed by atoms with E-state index in [1.54, 1.807) is 7.11 Å². The van der Waals surface area contributed by atoms with Gasteiger partial charge in [-0.3, -0.25) is 0 Å². The minimum atomic E-state index is -0.252. The van der Waals surface area contributed by atoms with Crippen molar-refractivity contribution >= 4 is 0 Å². The van der Waals surface area contributed by atoms with E-state index >= 15 is 0 Å². The summed E-state index contributed by atoms with van der Waals surface area (Å²) in [6, 6.07) is 8.55. The molecule has 2 N–H and O–H groups in total. The van der Waals surface area contributed by atoms with E-state index in [2.05, 4.69) is 31.2 Å². The molecule has 0 spiro atoms. The highest BCUT2D eigenvalue weighted by Gasteiger charge is 2.13. The Labute approximate surface area is 98.8 Å². The monoisotopic (exact) mass is 221 g/mol. The highest BCUT2D eigenvalue weighted by atomic mass is 16.5. The van der Waals surface area contributed by atoms with Crippen LogP contribution >= 0.6 is 0 Å². The van der Waals surface area contributed by atoms with Gasteiger partial charge >= 0.3 is 0 Å². The van der Waals surface area contributed by atoms with Gasteiger partial charge in [0.15, 0.2) is 0 Å². The van der Waals surface area contributed by atoms with Crippen LogP contribution in [0, 0.1) is 0 Å². The maximum absolute atomic E-state index is 6.03. The lowest BCUT2D eigenvalue weighted by Crippen LogP contribution is -2.28. The largest absolute Gasteiger partial charge is 0.382 e. The van der Waals surface area contributed by atoms with Crippen LogP contribution in [-0.4, -0.2) is 13.2 Å². The maximum atomic E-state index is 6.03. The number of ether oxygens (including phenoxy) is 1. The molecule has 0 radical (unpaired) electrons. The summed E-state index contributed by atoms with van der Waals surface area (Å²) in [5.74, 6) is 0. The predicted molar refractivity (Wildman–Crippen MR) is 68.4 cm³/mol. The first kappa shape index (κ1) is 13.2.